The van der Waals surface area contributed by atoms with Gasteiger partial charge in [0.25, 0.3) is 5.91 Å². The van der Waals surface area contributed by atoms with Crippen molar-refractivity contribution in [3.05, 3.63) is 34.8 Å². The van der Waals surface area contributed by atoms with Crippen molar-refractivity contribution < 1.29 is 4.79 Å². The van der Waals surface area contributed by atoms with Gasteiger partial charge in [-0.05, 0) is 38.4 Å². The molecule has 1 aliphatic carbocycles. The molecule has 28 heavy (non-hydrogen) atoms. The first-order valence-corrected chi connectivity index (χ1v) is 10.6. The van der Waals surface area contributed by atoms with Crippen molar-refractivity contribution in [1.82, 2.24) is 25.6 Å². The molecule has 7 nitrogen and oxygen atoms in total. The third kappa shape index (κ3) is 3.42. The Kier molecular flexibility index (Phi) is 5.16. The molecule has 0 bridgehead atoms. The summed E-state index contributed by atoms with van der Waals surface area (Å²) in [6.45, 7) is 6.86. The summed E-state index contributed by atoms with van der Waals surface area (Å²) in [6, 6.07) is 0. The van der Waals surface area contributed by atoms with Gasteiger partial charge in [0, 0.05) is 24.2 Å². The van der Waals surface area contributed by atoms with Crippen molar-refractivity contribution in [2.75, 3.05) is 31.6 Å². The second-order valence-corrected chi connectivity index (χ2v) is 8.82. The van der Waals surface area contributed by atoms with Crippen molar-refractivity contribution in [2.24, 2.45) is 5.41 Å². The van der Waals surface area contributed by atoms with E-state index in [1.165, 1.54) is 22.6 Å². The lowest BCUT2D eigenvalue weighted by atomic mass is 9.84. The summed E-state index contributed by atoms with van der Waals surface area (Å²) in [4.78, 5) is 29.0. The molecule has 0 aromatic carbocycles. The lowest BCUT2D eigenvalue weighted by Crippen LogP contribution is -2.26. The van der Waals surface area contributed by atoms with Crippen LogP contribution in [0.2, 0.25) is 0 Å². The van der Waals surface area contributed by atoms with Gasteiger partial charge in [-0.25, -0.2) is 15.0 Å². The van der Waals surface area contributed by atoms with Gasteiger partial charge in [0.05, 0.1) is 0 Å². The lowest BCUT2D eigenvalue weighted by molar-refractivity contribution is 0.0953. The third-order valence-electron chi connectivity index (χ3n) is 5.22. The molecule has 0 radical (unpaired) electrons. The number of nitrogens with one attached hydrogen (secondary N) is 2. The van der Waals surface area contributed by atoms with Gasteiger partial charge in [-0.3, -0.25) is 4.79 Å². The second-order valence-electron chi connectivity index (χ2n) is 7.84. The smallest absolute Gasteiger partial charge is 0.280 e. The van der Waals surface area contributed by atoms with E-state index < -0.39 is 0 Å². The van der Waals surface area contributed by atoms with Gasteiger partial charge in [-0.2, -0.15) is 0 Å². The minimum absolute atomic E-state index is 0.0626. The van der Waals surface area contributed by atoms with E-state index in [0.717, 1.165) is 43.0 Å². The zero-order valence-corrected chi connectivity index (χ0v) is 17.4. The predicted molar refractivity (Wildman–Crippen MR) is 113 cm³/mol. The molecule has 8 heteroatoms. The average molecular weight is 399 g/mol. The van der Waals surface area contributed by atoms with Crippen LogP contribution in [0.15, 0.2) is 29.7 Å². The number of fused-ring (bicyclic) bond motifs is 2. The van der Waals surface area contributed by atoms with Gasteiger partial charge < -0.3 is 15.5 Å². The van der Waals surface area contributed by atoms with E-state index >= 15 is 0 Å². The summed E-state index contributed by atoms with van der Waals surface area (Å²) >= 11 is 1.32. The summed E-state index contributed by atoms with van der Waals surface area (Å²) in [7, 11) is 1.90. The van der Waals surface area contributed by atoms with Gasteiger partial charge in [0.1, 0.15) is 16.7 Å². The highest BCUT2D eigenvalue weighted by Crippen LogP contribution is 2.46. The number of carbonyl (C=O) groups excluding carboxylic acids is 1. The van der Waals surface area contributed by atoms with Crippen LogP contribution in [-0.4, -0.2) is 47.5 Å². The van der Waals surface area contributed by atoms with Crippen LogP contribution in [0.1, 0.15) is 42.9 Å². The number of thiazole rings is 1. The Morgan fingerprint density at radius 2 is 2.07 bits per heavy atom. The summed E-state index contributed by atoms with van der Waals surface area (Å²) in [5.41, 5.74) is 3.37. The summed E-state index contributed by atoms with van der Waals surface area (Å²) < 4.78 is 0. The minimum Gasteiger partial charge on any atom is -0.350 e. The average Bonchev–Trinajstić information content (AvgIpc) is 3.24. The first kappa shape index (κ1) is 19.0. The Morgan fingerprint density at radius 3 is 2.89 bits per heavy atom. The molecule has 2 aromatic heterocycles. The number of hydrogen-bond donors (Lipinski definition) is 2. The van der Waals surface area contributed by atoms with Gasteiger partial charge in [-0.15, -0.1) is 0 Å². The SMILES string of the molecule is CNCCCNC(=O)c1nc2c(N3CC(C)(C)C4=CCCC=C43)ncnc2s1. The van der Waals surface area contributed by atoms with E-state index in [9.17, 15) is 4.79 Å². The second kappa shape index (κ2) is 7.60. The van der Waals surface area contributed by atoms with Crippen LogP contribution >= 0.6 is 11.3 Å². The number of allylic oxidation sites excluding steroid dienone is 3. The van der Waals surface area contributed by atoms with Crippen molar-refractivity contribution in [3.63, 3.8) is 0 Å². The molecule has 1 amide bonds. The number of aromatic nitrogens is 3. The van der Waals surface area contributed by atoms with Crippen molar-refractivity contribution in [1.29, 1.82) is 0 Å². The zero-order valence-electron chi connectivity index (χ0n) is 16.6. The molecule has 1 aliphatic heterocycles. The number of rotatable bonds is 6. The van der Waals surface area contributed by atoms with Crippen LogP contribution in [0.5, 0.6) is 0 Å². The Labute approximate surface area is 169 Å². The quantitative estimate of drug-likeness (QED) is 0.728. The zero-order chi connectivity index (χ0) is 19.7. The van der Waals surface area contributed by atoms with E-state index in [0.29, 0.717) is 17.1 Å². The molecule has 0 spiro atoms. The standard InChI is InChI=1S/C20H26N6OS/c1-20(2)11-26(14-8-5-4-7-13(14)20)16-15-18(24-12-23-16)28-19(25-15)17(27)22-10-6-9-21-3/h7-8,12,21H,4-6,9-11H2,1-3H3,(H,22,27). The molecule has 1 saturated heterocycles. The maximum Gasteiger partial charge on any atom is 0.280 e. The molecule has 2 N–H and O–H groups in total. The molecule has 2 aliphatic rings. The first-order chi connectivity index (χ1) is 13.5. The highest BCUT2D eigenvalue weighted by atomic mass is 32.1. The van der Waals surface area contributed by atoms with Gasteiger partial charge in [0.2, 0.25) is 0 Å². The van der Waals surface area contributed by atoms with Gasteiger partial charge in [-0.1, -0.05) is 37.3 Å². The molecule has 0 atom stereocenters. The third-order valence-corrected chi connectivity index (χ3v) is 6.18. The fraction of sp³-hybridized carbons (Fsp3) is 0.500. The van der Waals surface area contributed by atoms with Crippen LogP contribution in [0.25, 0.3) is 10.3 Å². The molecule has 4 rings (SSSR count). The summed E-state index contributed by atoms with van der Waals surface area (Å²) in [5.74, 6) is 0.643. The molecule has 0 saturated carbocycles. The van der Waals surface area contributed by atoms with Crippen LogP contribution < -0.4 is 15.5 Å². The van der Waals surface area contributed by atoms with E-state index in [-0.39, 0.29) is 11.3 Å². The maximum atomic E-state index is 12.5. The molecule has 0 unspecified atom stereocenters. The molecule has 148 valence electrons. The number of nitrogens with zero attached hydrogens (tertiary/aromatic N) is 4. The molecular formula is C20H26N6OS. The van der Waals surface area contributed by atoms with Crippen LogP contribution in [0.3, 0.4) is 0 Å². The van der Waals surface area contributed by atoms with Crippen LogP contribution in [-0.2, 0) is 0 Å². The highest BCUT2D eigenvalue weighted by molar-refractivity contribution is 7.19. The number of amides is 1. The van der Waals surface area contributed by atoms with Crippen molar-refractivity contribution in [3.8, 4) is 0 Å². The van der Waals surface area contributed by atoms with E-state index in [1.807, 2.05) is 7.05 Å². The maximum absolute atomic E-state index is 12.5. The Hall–Kier alpha value is -2.32. The predicted octanol–water partition coefficient (Wildman–Crippen LogP) is 2.88. The van der Waals surface area contributed by atoms with Crippen LogP contribution in [0, 0.1) is 5.41 Å². The summed E-state index contributed by atoms with van der Waals surface area (Å²) in [6.07, 6.45) is 9.21. The highest BCUT2D eigenvalue weighted by Gasteiger charge is 2.40. The first-order valence-electron chi connectivity index (χ1n) is 9.74. The van der Waals surface area contributed by atoms with Gasteiger partial charge >= 0.3 is 0 Å². The summed E-state index contributed by atoms with van der Waals surface area (Å²) in [5, 5.41) is 6.44. The topological polar surface area (TPSA) is 83.0 Å². The normalized spacial score (nSPS) is 18.0. The molecule has 2 aromatic rings. The fourth-order valence-electron chi connectivity index (χ4n) is 3.88. The van der Waals surface area contributed by atoms with E-state index in [4.69, 9.17) is 0 Å². The Balaban J connectivity index is 1.64. The van der Waals surface area contributed by atoms with E-state index in [2.05, 4.69) is 56.5 Å². The molecule has 1 fully saturated rings. The Morgan fingerprint density at radius 1 is 1.25 bits per heavy atom. The monoisotopic (exact) mass is 398 g/mol. The van der Waals surface area contributed by atoms with E-state index in [1.54, 1.807) is 6.33 Å². The van der Waals surface area contributed by atoms with Crippen LogP contribution in [0.4, 0.5) is 5.82 Å². The fourth-order valence-corrected chi connectivity index (χ4v) is 4.69. The number of anilines is 1. The van der Waals surface area contributed by atoms with Crippen molar-refractivity contribution in [2.45, 2.75) is 33.1 Å². The minimum atomic E-state index is -0.149. The van der Waals surface area contributed by atoms with Crippen molar-refractivity contribution >= 4 is 33.4 Å². The number of hydrogen-bond acceptors (Lipinski definition) is 7. The largest absolute Gasteiger partial charge is 0.350 e. The molecular weight excluding hydrogens is 372 g/mol. The van der Waals surface area contributed by atoms with Gasteiger partial charge in [0.15, 0.2) is 10.8 Å². The Bertz CT molecular complexity index is 961. The molecule has 3 heterocycles. The number of carbonyl (C=O) groups is 1. The lowest BCUT2D eigenvalue weighted by Gasteiger charge is -2.20.